The topological polar surface area (TPSA) is 23.8 Å². The van der Waals surface area contributed by atoms with Crippen LogP contribution in [0, 0.1) is 46.5 Å². The molecule has 0 bridgehead atoms. The van der Waals surface area contributed by atoms with Crippen LogP contribution in [0.4, 0.5) is 22.0 Å². The van der Waals surface area contributed by atoms with Crippen molar-refractivity contribution in [1.82, 2.24) is 0 Å². The van der Waals surface area contributed by atoms with Gasteiger partial charge < -0.3 is 0 Å². The van der Waals surface area contributed by atoms with Crippen LogP contribution < -0.4 is 0 Å². The van der Waals surface area contributed by atoms with Gasteiger partial charge in [-0.15, -0.1) is 0 Å². The molecule has 1 nitrogen and oxygen atoms in total. The van der Waals surface area contributed by atoms with Gasteiger partial charge >= 0.3 is 0 Å². The van der Waals surface area contributed by atoms with Gasteiger partial charge in [0.25, 0.3) is 0 Å². The lowest BCUT2D eigenvalue weighted by Crippen LogP contribution is -1.99. The van der Waals surface area contributed by atoms with Crippen LogP contribution in [0.5, 0.6) is 0 Å². The van der Waals surface area contributed by atoms with Crippen molar-refractivity contribution in [1.29, 1.82) is 5.26 Å². The molecule has 0 spiro atoms. The van der Waals surface area contributed by atoms with E-state index in [0.29, 0.717) is 12.1 Å². The first-order valence-corrected chi connectivity index (χ1v) is 4.90. The molecule has 6 heteroatoms. The van der Waals surface area contributed by atoms with Gasteiger partial charge in [0.15, 0.2) is 0 Å². The van der Waals surface area contributed by atoms with E-state index in [1.165, 1.54) is 12.1 Å². The molecular weight excluding hydrogens is 265 g/mol. The predicted molar refractivity (Wildman–Crippen MR) is 55.2 cm³/mol. The van der Waals surface area contributed by atoms with Gasteiger partial charge in [0.05, 0.1) is 28.8 Å². The van der Waals surface area contributed by atoms with E-state index < -0.39 is 40.2 Å². The predicted octanol–water partition coefficient (Wildman–Crippen LogP) is 3.72. The zero-order valence-electron chi connectivity index (χ0n) is 9.07. The van der Waals surface area contributed by atoms with Crippen molar-refractivity contribution in [2.45, 2.75) is 0 Å². The molecule has 0 saturated heterocycles. The van der Waals surface area contributed by atoms with Crippen LogP contribution in [0.1, 0.15) is 5.56 Å². The molecule has 0 amide bonds. The third kappa shape index (κ3) is 2.27. The Balaban J connectivity index is 2.77. The van der Waals surface area contributed by atoms with Crippen LogP contribution in [0.2, 0.25) is 0 Å². The van der Waals surface area contributed by atoms with E-state index in [-0.39, 0.29) is 11.6 Å². The molecule has 0 N–H and O–H groups in total. The van der Waals surface area contributed by atoms with Crippen LogP contribution in [-0.4, -0.2) is 0 Å². The lowest BCUT2D eigenvalue weighted by Gasteiger charge is -2.08. The summed E-state index contributed by atoms with van der Waals surface area (Å²) in [7, 11) is 0. The number of nitrogens with zero attached hydrogens (tertiary/aromatic N) is 1. The maximum Gasteiger partial charge on any atom is 0.145 e. The molecule has 0 aromatic heterocycles. The summed E-state index contributed by atoms with van der Waals surface area (Å²) in [6.45, 7) is 0. The highest BCUT2D eigenvalue weighted by molar-refractivity contribution is 5.67. The molecule has 2 rings (SSSR count). The minimum atomic E-state index is -1.56. The van der Waals surface area contributed by atoms with E-state index in [2.05, 4.69) is 0 Å². The molecule has 0 heterocycles. The maximum absolute atomic E-state index is 13.6. The van der Waals surface area contributed by atoms with Crippen molar-refractivity contribution in [2.24, 2.45) is 0 Å². The lowest BCUT2D eigenvalue weighted by atomic mass is 10.0. The fourth-order valence-corrected chi connectivity index (χ4v) is 1.60. The van der Waals surface area contributed by atoms with E-state index in [0.717, 1.165) is 0 Å². The van der Waals surface area contributed by atoms with Gasteiger partial charge in [-0.05, 0) is 12.1 Å². The number of rotatable bonds is 1. The first-order chi connectivity index (χ1) is 8.93. The number of benzene rings is 2. The average molecular weight is 268 g/mol. The molecule has 19 heavy (non-hydrogen) atoms. The summed E-state index contributed by atoms with van der Waals surface area (Å²) in [4.78, 5) is 0. The fourth-order valence-electron chi connectivity index (χ4n) is 1.60. The normalized spacial score (nSPS) is 10.3. The fraction of sp³-hybridized carbons (Fsp3) is 0. The number of hydrogen-bond acceptors (Lipinski definition) is 1. The second-order valence-electron chi connectivity index (χ2n) is 3.58. The Hall–Kier alpha value is -2.42. The van der Waals surface area contributed by atoms with Crippen LogP contribution >= 0.6 is 0 Å². The molecule has 0 fully saturated rings. The van der Waals surface area contributed by atoms with E-state index in [1.54, 1.807) is 0 Å². The minimum Gasteiger partial charge on any atom is -0.206 e. The third-order valence-corrected chi connectivity index (χ3v) is 2.36. The van der Waals surface area contributed by atoms with Crippen LogP contribution in [-0.2, 0) is 0 Å². The third-order valence-electron chi connectivity index (χ3n) is 2.36. The van der Waals surface area contributed by atoms with E-state index >= 15 is 0 Å². The molecule has 95 valence electrons. The Labute approximate surface area is 104 Å². The molecule has 0 unspecified atom stereocenters. The number of nitriles is 1. The SMILES string of the molecule is N#Cc1cc(F)c(-c2c(F)[c]c(F)cc2F)c(F)c1. The monoisotopic (exact) mass is 268 g/mol. The van der Waals surface area contributed by atoms with Crippen LogP contribution in [0.3, 0.4) is 0 Å². The van der Waals surface area contributed by atoms with Crippen molar-refractivity contribution < 1.29 is 22.0 Å². The largest absolute Gasteiger partial charge is 0.206 e. The summed E-state index contributed by atoms with van der Waals surface area (Å²) in [5, 5.41) is 8.51. The van der Waals surface area contributed by atoms with Crippen molar-refractivity contribution in [3.63, 3.8) is 0 Å². The van der Waals surface area contributed by atoms with Gasteiger partial charge in [-0.2, -0.15) is 5.26 Å². The summed E-state index contributed by atoms with van der Waals surface area (Å²) >= 11 is 0. The smallest absolute Gasteiger partial charge is 0.145 e. The average Bonchev–Trinajstić information content (AvgIpc) is 2.31. The molecule has 2 aromatic carbocycles. The van der Waals surface area contributed by atoms with Gasteiger partial charge in [-0.1, -0.05) is 0 Å². The van der Waals surface area contributed by atoms with Gasteiger partial charge in [0.1, 0.15) is 29.1 Å². The minimum absolute atomic E-state index is 0.259. The number of halogens is 5. The second-order valence-corrected chi connectivity index (χ2v) is 3.58. The molecule has 0 aliphatic rings. The van der Waals surface area contributed by atoms with Crippen LogP contribution in [0.25, 0.3) is 11.1 Å². The zero-order valence-corrected chi connectivity index (χ0v) is 9.07. The molecular formula is C13H3F5N. The summed E-state index contributed by atoms with van der Waals surface area (Å²) in [5.41, 5.74) is -2.42. The van der Waals surface area contributed by atoms with Gasteiger partial charge in [0, 0.05) is 6.07 Å². The van der Waals surface area contributed by atoms with Crippen molar-refractivity contribution in [3.8, 4) is 17.2 Å². The highest BCUT2D eigenvalue weighted by atomic mass is 19.2. The standard InChI is InChI=1S/C13H3F5N/c14-7-3-10(17)13(11(18)4-7)12-8(15)1-6(5-19)2-9(12)16/h1-3H. The Morgan fingerprint density at radius 3 is 1.84 bits per heavy atom. The van der Waals surface area contributed by atoms with Crippen LogP contribution in [0.15, 0.2) is 18.2 Å². The second kappa shape index (κ2) is 4.69. The highest BCUT2D eigenvalue weighted by Gasteiger charge is 2.21. The molecule has 2 aromatic rings. The van der Waals surface area contributed by atoms with Crippen molar-refractivity contribution in [3.05, 3.63) is 58.9 Å². The maximum atomic E-state index is 13.6. The molecule has 0 atom stereocenters. The molecule has 0 aliphatic carbocycles. The summed E-state index contributed by atoms with van der Waals surface area (Å²) in [5.74, 6) is -6.99. The quantitative estimate of drug-likeness (QED) is 0.723. The highest BCUT2D eigenvalue weighted by Crippen LogP contribution is 2.31. The first kappa shape index (κ1) is 13.0. The molecule has 0 aliphatic heterocycles. The lowest BCUT2D eigenvalue weighted by molar-refractivity contribution is 0.536. The van der Waals surface area contributed by atoms with Gasteiger partial charge in [-0.3, -0.25) is 0 Å². The molecule has 0 saturated carbocycles. The summed E-state index contributed by atoms with van der Waals surface area (Å²) < 4.78 is 66.7. The Morgan fingerprint density at radius 1 is 0.842 bits per heavy atom. The van der Waals surface area contributed by atoms with E-state index in [4.69, 9.17) is 5.26 Å². The Bertz CT molecular complexity index is 657. The van der Waals surface area contributed by atoms with Crippen molar-refractivity contribution in [2.75, 3.05) is 0 Å². The Morgan fingerprint density at radius 2 is 1.37 bits per heavy atom. The first-order valence-electron chi connectivity index (χ1n) is 4.90. The van der Waals surface area contributed by atoms with E-state index in [9.17, 15) is 22.0 Å². The number of hydrogen-bond donors (Lipinski definition) is 0. The summed E-state index contributed by atoms with van der Waals surface area (Å²) in [6.07, 6.45) is 0. The van der Waals surface area contributed by atoms with Gasteiger partial charge in [-0.25, -0.2) is 22.0 Å². The molecule has 1 radical (unpaired) electrons. The zero-order chi connectivity index (χ0) is 14.2. The van der Waals surface area contributed by atoms with Gasteiger partial charge in [0.2, 0.25) is 0 Å². The van der Waals surface area contributed by atoms with Crippen molar-refractivity contribution >= 4 is 0 Å². The summed E-state index contributed by atoms with van der Waals surface area (Å²) in [6, 6.07) is 4.49. The Kier molecular flexibility index (Phi) is 3.21. The van der Waals surface area contributed by atoms with E-state index in [1.807, 2.05) is 0 Å².